The predicted octanol–water partition coefficient (Wildman–Crippen LogP) is 3.28. The largest absolute Gasteiger partial charge is 0.458 e. The van der Waals surface area contributed by atoms with E-state index in [9.17, 15) is 13.2 Å². The van der Waals surface area contributed by atoms with Gasteiger partial charge in [0.05, 0.1) is 6.20 Å². The van der Waals surface area contributed by atoms with E-state index in [1.165, 1.54) is 10.7 Å². The highest BCUT2D eigenvalue weighted by molar-refractivity contribution is 5.59. The third kappa shape index (κ3) is 2.67. The number of hydrogen-bond donors (Lipinski definition) is 1. The van der Waals surface area contributed by atoms with E-state index < -0.39 is 17.5 Å². The van der Waals surface area contributed by atoms with Gasteiger partial charge in [-0.1, -0.05) is 0 Å². The fourth-order valence-corrected chi connectivity index (χ4v) is 2.71. The molecule has 3 heterocycles. The highest BCUT2D eigenvalue weighted by atomic mass is 19.1. The Balaban J connectivity index is 1.85. The Kier molecular flexibility index (Phi) is 3.64. The topological polar surface area (TPSA) is 82.2 Å². The molecule has 0 radical (unpaired) electrons. The van der Waals surface area contributed by atoms with Crippen LogP contribution in [0.3, 0.4) is 0 Å². The summed E-state index contributed by atoms with van der Waals surface area (Å²) in [7, 11) is 0. The van der Waals surface area contributed by atoms with Crippen molar-refractivity contribution in [1.82, 2.24) is 19.6 Å². The molecule has 26 heavy (non-hydrogen) atoms. The van der Waals surface area contributed by atoms with Crippen molar-refractivity contribution >= 4 is 11.6 Å². The molecule has 132 valence electrons. The highest BCUT2D eigenvalue weighted by Gasteiger charge is 2.19. The number of nitrogens with two attached hydrogens (primary N) is 1. The summed E-state index contributed by atoms with van der Waals surface area (Å²) in [5.41, 5.74) is 6.18. The summed E-state index contributed by atoms with van der Waals surface area (Å²) in [6, 6.07) is 4.72. The molecule has 0 saturated carbocycles. The molecule has 0 aliphatic rings. The van der Waals surface area contributed by atoms with Crippen molar-refractivity contribution in [1.29, 1.82) is 0 Å². The van der Waals surface area contributed by atoms with Gasteiger partial charge < -0.3 is 10.2 Å². The molecular formula is C17H12F3N5O. The number of halogens is 3. The second kappa shape index (κ2) is 5.87. The number of aromatic nitrogens is 4. The van der Waals surface area contributed by atoms with Crippen molar-refractivity contribution in [2.24, 2.45) is 0 Å². The molecule has 0 saturated heterocycles. The average Bonchev–Trinajstić information content (AvgIpc) is 3.16. The molecule has 1 aromatic carbocycles. The van der Waals surface area contributed by atoms with Gasteiger partial charge in [-0.3, -0.25) is 0 Å². The zero-order valence-corrected chi connectivity index (χ0v) is 13.5. The molecule has 2 N–H and O–H groups in total. The second-order valence-corrected chi connectivity index (χ2v) is 5.75. The van der Waals surface area contributed by atoms with E-state index in [0.29, 0.717) is 35.0 Å². The maximum absolute atomic E-state index is 13.9. The average molecular weight is 359 g/mol. The van der Waals surface area contributed by atoms with Crippen LogP contribution in [-0.2, 0) is 6.42 Å². The van der Waals surface area contributed by atoms with Crippen LogP contribution < -0.4 is 5.73 Å². The molecule has 0 atom stereocenters. The van der Waals surface area contributed by atoms with Crippen molar-refractivity contribution in [2.75, 3.05) is 5.73 Å². The molecule has 0 aliphatic carbocycles. The Morgan fingerprint density at radius 1 is 1.12 bits per heavy atom. The minimum atomic E-state index is -0.981. The smallest absolute Gasteiger partial charge is 0.224 e. The second-order valence-electron chi connectivity index (χ2n) is 5.75. The van der Waals surface area contributed by atoms with E-state index in [0.717, 1.165) is 0 Å². The lowest BCUT2D eigenvalue weighted by molar-refractivity contribution is 0.528. The summed E-state index contributed by atoms with van der Waals surface area (Å²) in [5, 5.41) is 4.18. The van der Waals surface area contributed by atoms with Crippen LogP contribution in [0.15, 0.2) is 34.9 Å². The standard InChI is InChI=1S/C17H12F3N5O/c1-8-2-3-14(26-8)16-24-17(21)23-15-9(7-22-25(15)16)4-11-12(19)5-10(18)6-13(11)20/h2-3,5-7H,4H2,1H3,(H2,21,23). The van der Waals surface area contributed by atoms with Crippen molar-refractivity contribution in [3.8, 4) is 11.6 Å². The third-order valence-electron chi connectivity index (χ3n) is 3.89. The first-order chi connectivity index (χ1) is 12.4. The lowest BCUT2D eigenvalue weighted by Gasteiger charge is -2.06. The Morgan fingerprint density at radius 2 is 1.85 bits per heavy atom. The van der Waals surface area contributed by atoms with Gasteiger partial charge in [-0.05, 0) is 19.1 Å². The van der Waals surface area contributed by atoms with Crippen LogP contribution in [0.25, 0.3) is 17.2 Å². The summed E-state index contributed by atoms with van der Waals surface area (Å²) in [6.45, 7) is 1.78. The summed E-state index contributed by atoms with van der Waals surface area (Å²) in [5.74, 6) is -1.57. The maximum Gasteiger partial charge on any atom is 0.224 e. The van der Waals surface area contributed by atoms with Gasteiger partial charge in [0.1, 0.15) is 23.2 Å². The van der Waals surface area contributed by atoms with Gasteiger partial charge in [-0.2, -0.15) is 19.6 Å². The van der Waals surface area contributed by atoms with E-state index in [1.54, 1.807) is 19.1 Å². The number of furan rings is 1. The van der Waals surface area contributed by atoms with E-state index >= 15 is 0 Å². The zero-order chi connectivity index (χ0) is 18.4. The van der Waals surface area contributed by atoms with Crippen LogP contribution in [0.2, 0.25) is 0 Å². The van der Waals surface area contributed by atoms with Crippen molar-refractivity contribution < 1.29 is 17.6 Å². The Morgan fingerprint density at radius 3 is 2.50 bits per heavy atom. The molecule has 0 amide bonds. The number of nitrogen functional groups attached to an aromatic ring is 1. The summed E-state index contributed by atoms with van der Waals surface area (Å²) >= 11 is 0. The summed E-state index contributed by atoms with van der Waals surface area (Å²) < 4.78 is 47.9. The molecule has 6 nitrogen and oxygen atoms in total. The first-order valence-electron chi connectivity index (χ1n) is 7.62. The minimum absolute atomic E-state index is 0.0386. The van der Waals surface area contributed by atoms with Gasteiger partial charge in [-0.15, -0.1) is 0 Å². The van der Waals surface area contributed by atoms with Crippen LogP contribution >= 0.6 is 0 Å². The van der Waals surface area contributed by atoms with Gasteiger partial charge in [0, 0.05) is 29.7 Å². The molecule has 3 aromatic heterocycles. The number of aryl methyl sites for hydroxylation is 1. The molecular weight excluding hydrogens is 347 g/mol. The normalized spacial score (nSPS) is 11.4. The van der Waals surface area contributed by atoms with Crippen LogP contribution in [-0.4, -0.2) is 19.6 Å². The molecule has 0 aliphatic heterocycles. The Hall–Kier alpha value is -3.36. The van der Waals surface area contributed by atoms with E-state index in [4.69, 9.17) is 10.2 Å². The molecule has 0 spiro atoms. The third-order valence-corrected chi connectivity index (χ3v) is 3.89. The number of anilines is 1. The molecule has 4 rings (SSSR count). The molecule has 4 aromatic rings. The van der Waals surface area contributed by atoms with Crippen LogP contribution in [0.1, 0.15) is 16.9 Å². The molecule has 0 fully saturated rings. The fourth-order valence-electron chi connectivity index (χ4n) is 2.71. The first kappa shape index (κ1) is 16.1. The van der Waals surface area contributed by atoms with Gasteiger partial charge in [0.15, 0.2) is 11.4 Å². The summed E-state index contributed by atoms with van der Waals surface area (Å²) in [6.07, 6.45) is 1.24. The van der Waals surface area contributed by atoms with E-state index in [-0.39, 0.29) is 23.6 Å². The van der Waals surface area contributed by atoms with Crippen molar-refractivity contribution in [3.05, 3.63) is 64.8 Å². The molecule has 0 bridgehead atoms. The highest BCUT2D eigenvalue weighted by Crippen LogP contribution is 2.25. The van der Waals surface area contributed by atoms with Crippen LogP contribution in [0.5, 0.6) is 0 Å². The monoisotopic (exact) mass is 359 g/mol. The van der Waals surface area contributed by atoms with E-state index in [2.05, 4.69) is 15.1 Å². The number of hydrogen-bond acceptors (Lipinski definition) is 5. The quantitative estimate of drug-likeness (QED) is 0.607. The fraction of sp³-hybridized carbons (Fsp3) is 0.118. The summed E-state index contributed by atoms with van der Waals surface area (Å²) in [4.78, 5) is 8.24. The number of nitrogens with zero attached hydrogens (tertiary/aromatic N) is 4. The molecule has 0 unspecified atom stereocenters. The predicted molar refractivity (Wildman–Crippen MR) is 86.8 cm³/mol. The molecule has 9 heteroatoms. The first-order valence-corrected chi connectivity index (χ1v) is 7.62. The van der Waals surface area contributed by atoms with Gasteiger partial charge in [0.25, 0.3) is 0 Å². The van der Waals surface area contributed by atoms with Gasteiger partial charge in [0.2, 0.25) is 11.8 Å². The van der Waals surface area contributed by atoms with Crippen molar-refractivity contribution in [2.45, 2.75) is 13.3 Å². The number of benzene rings is 1. The van der Waals surface area contributed by atoms with E-state index in [1.807, 2.05) is 0 Å². The number of rotatable bonds is 3. The SMILES string of the molecule is Cc1ccc(-c2nc(N)nc3c(Cc4c(F)cc(F)cc4F)cnn23)o1. The lowest BCUT2D eigenvalue weighted by atomic mass is 10.1. The lowest BCUT2D eigenvalue weighted by Crippen LogP contribution is -2.05. The minimum Gasteiger partial charge on any atom is -0.458 e. The zero-order valence-electron chi connectivity index (χ0n) is 13.5. The number of fused-ring (bicyclic) bond motifs is 1. The maximum atomic E-state index is 13.9. The van der Waals surface area contributed by atoms with Crippen LogP contribution in [0, 0.1) is 24.4 Å². The van der Waals surface area contributed by atoms with Gasteiger partial charge in [-0.25, -0.2) is 13.2 Å². The van der Waals surface area contributed by atoms with Gasteiger partial charge >= 0.3 is 0 Å². The Bertz CT molecular complexity index is 1110. The Labute approximate surface area is 145 Å². The van der Waals surface area contributed by atoms with Crippen LogP contribution in [0.4, 0.5) is 19.1 Å². The van der Waals surface area contributed by atoms with Crippen molar-refractivity contribution in [3.63, 3.8) is 0 Å².